The maximum atomic E-state index is 12.1. The number of alkyl halides is 1. The van der Waals surface area contributed by atoms with Crippen molar-refractivity contribution in [2.75, 3.05) is 26.2 Å². The molecule has 1 fully saturated rings. The Bertz CT molecular complexity index is 385. The van der Waals surface area contributed by atoms with Gasteiger partial charge in [0.15, 0.2) is 0 Å². The van der Waals surface area contributed by atoms with Crippen molar-refractivity contribution in [3.05, 3.63) is 35.4 Å². The molecule has 92 valence electrons. The summed E-state index contributed by atoms with van der Waals surface area (Å²) in [6, 6.07) is 7.81. The molecule has 1 heterocycles. The minimum atomic E-state index is -0.561. The van der Waals surface area contributed by atoms with Crippen LogP contribution in [0.15, 0.2) is 24.3 Å². The minimum absolute atomic E-state index is 0.0111. The Kier molecular flexibility index (Phi) is 4.02. The van der Waals surface area contributed by atoms with E-state index in [0.29, 0.717) is 0 Å². The van der Waals surface area contributed by atoms with E-state index in [2.05, 4.69) is 5.32 Å². The van der Waals surface area contributed by atoms with Crippen LogP contribution in [0.3, 0.4) is 0 Å². The zero-order valence-electron chi connectivity index (χ0n) is 9.95. The molecule has 1 saturated heterocycles. The zero-order valence-corrected chi connectivity index (χ0v) is 10.7. The summed E-state index contributed by atoms with van der Waals surface area (Å²) in [4.78, 5) is 14.0. The van der Waals surface area contributed by atoms with Crippen molar-refractivity contribution in [1.29, 1.82) is 0 Å². The zero-order chi connectivity index (χ0) is 12.3. The molecule has 0 spiro atoms. The van der Waals surface area contributed by atoms with Crippen LogP contribution in [-0.2, 0) is 4.79 Å². The molecule has 3 nitrogen and oxygen atoms in total. The van der Waals surface area contributed by atoms with Crippen molar-refractivity contribution >= 4 is 17.5 Å². The van der Waals surface area contributed by atoms with Gasteiger partial charge >= 0.3 is 0 Å². The normalized spacial score (nSPS) is 17.9. The van der Waals surface area contributed by atoms with Crippen LogP contribution in [0.5, 0.6) is 0 Å². The van der Waals surface area contributed by atoms with Gasteiger partial charge in [-0.2, -0.15) is 0 Å². The summed E-state index contributed by atoms with van der Waals surface area (Å²) in [6.07, 6.45) is 0. The number of carbonyl (C=O) groups is 1. The molecule has 4 heteroatoms. The number of hydrogen-bond donors (Lipinski definition) is 1. The van der Waals surface area contributed by atoms with Crippen LogP contribution in [0.2, 0.25) is 0 Å². The smallest absolute Gasteiger partial charge is 0.245 e. The summed E-state index contributed by atoms with van der Waals surface area (Å²) in [6.45, 7) is 5.21. The summed E-state index contributed by atoms with van der Waals surface area (Å²) >= 11 is 6.23. The Labute approximate surface area is 107 Å². The Morgan fingerprint density at radius 3 is 2.47 bits per heavy atom. The van der Waals surface area contributed by atoms with Gasteiger partial charge in [0.1, 0.15) is 5.38 Å². The number of piperazine rings is 1. The average Bonchev–Trinajstić information content (AvgIpc) is 2.39. The molecule has 0 bridgehead atoms. The predicted octanol–water partition coefficient (Wildman–Crippen LogP) is 1.71. The maximum Gasteiger partial charge on any atom is 0.245 e. The fourth-order valence-corrected chi connectivity index (χ4v) is 2.21. The van der Waals surface area contributed by atoms with E-state index in [1.165, 1.54) is 5.56 Å². The summed E-state index contributed by atoms with van der Waals surface area (Å²) in [7, 11) is 0. The number of hydrogen-bond acceptors (Lipinski definition) is 2. The van der Waals surface area contributed by atoms with E-state index < -0.39 is 5.38 Å². The average molecular weight is 253 g/mol. The fraction of sp³-hybridized carbons (Fsp3) is 0.462. The first kappa shape index (κ1) is 12.4. The monoisotopic (exact) mass is 252 g/mol. The molecule has 1 aromatic carbocycles. The van der Waals surface area contributed by atoms with Crippen LogP contribution in [0.1, 0.15) is 16.5 Å². The van der Waals surface area contributed by atoms with Gasteiger partial charge in [-0.25, -0.2) is 0 Å². The topological polar surface area (TPSA) is 32.3 Å². The molecule has 1 N–H and O–H groups in total. The Morgan fingerprint density at radius 1 is 1.29 bits per heavy atom. The van der Waals surface area contributed by atoms with E-state index in [1.807, 2.05) is 36.1 Å². The molecule has 0 radical (unpaired) electrons. The molecular weight excluding hydrogens is 236 g/mol. The number of benzene rings is 1. The lowest BCUT2D eigenvalue weighted by molar-refractivity contribution is -0.131. The van der Waals surface area contributed by atoms with Crippen LogP contribution in [0, 0.1) is 6.92 Å². The first-order chi connectivity index (χ1) is 8.18. The second kappa shape index (κ2) is 5.52. The molecule has 1 aromatic rings. The second-order valence-corrected chi connectivity index (χ2v) is 4.78. The number of amides is 1. The summed E-state index contributed by atoms with van der Waals surface area (Å²) in [5.74, 6) is 0.0111. The molecular formula is C13H17ClN2O. The highest BCUT2D eigenvalue weighted by atomic mass is 35.5. The standard InChI is InChI=1S/C13H17ClN2O/c1-10-2-4-11(5-3-10)12(14)13(17)16-8-6-15-7-9-16/h2-5,12,15H,6-9H2,1H3. The van der Waals surface area contributed by atoms with Crippen molar-refractivity contribution < 1.29 is 4.79 Å². The van der Waals surface area contributed by atoms with Crippen molar-refractivity contribution in [3.63, 3.8) is 0 Å². The molecule has 0 saturated carbocycles. The van der Waals surface area contributed by atoms with Crippen molar-refractivity contribution in [2.45, 2.75) is 12.3 Å². The lowest BCUT2D eigenvalue weighted by atomic mass is 10.1. The van der Waals surface area contributed by atoms with Gasteiger partial charge in [0.2, 0.25) is 5.91 Å². The first-order valence-electron chi connectivity index (χ1n) is 5.88. The quantitative estimate of drug-likeness (QED) is 0.813. The van der Waals surface area contributed by atoms with Gasteiger partial charge in [-0.05, 0) is 12.5 Å². The van der Waals surface area contributed by atoms with Gasteiger partial charge in [-0.3, -0.25) is 4.79 Å². The van der Waals surface area contributed by atoms with Gasteiger partial charge in [0.25, 0.3) is 0 Å². The van der Waals surface area contributed by atoms with E-state index in [9.17, 15) is 4.79 Å². The predicted molar refractivity (Wildman–Crippen MR) is 69.2 cm³/mol. The first-order valence-corrected chi connectivity index (χ1v) is 6.32. The fourth-order valence-electron chi connectivity index (χ4n) is 1.92. The van der Waals surface area contributed by atoms with E-state index in [-0.39, 0.29) is 5.91 Å². The van der Waals surface area contributed by atoms with Crippen LogP contribution in [0.4, 0.5) is 0 Å². The van der Waals surface area contributed by atoms with Crippen LogP contribution >= 0.6 is 11.6 Å². The van der Waals surface area contributed by atoms with Crippen molar-refractivity contribution in [1.82, 2.24) is 10.2 Å². The highest BCUT2D eigenvalue weighted by Gasteiger charge is 2.24. The highest BCUT2D eigenvalue weighted by Crippen LogP contribution is 2.23. The van der Waals surface area contributed by atoms with E-state index >= 15 is 0 Å². The number of carbonyl (C=O) groups excluding carboxylic acids is 1. The third-order valence-electron chi connectivity index (χ3n) is 3.02. The molecule has 1 aliphatic heterocycles. The maximum absolute atomic E-state index is 12.1. The van der Waals surface area contributed by atoms with Gasteiger partial charge < -0.3 is 10.2 Å². The molecule has 17 heavy (non-hydrogen) atoms. The lowest BCUT2D eigenvalue weighted by Gasteiger charge is -2.29. The van der Waals surface area contributed by atoms with Crippen molar-refractivity contribution in [2.24, 2.45) is 0 Å². The van der Waals surface area contributed by atoms with Gasteiger partial charge in [0.05, 0.1) is 0 Å². The Morgan fingerprint density at radius 2 is 1.88 bits per heavy atom. The van der Waals surface area contributed by atoms with Crippen molar-refractivity contribution in [3.8, 4) is 0 Å². The van der Waals surface area contributed by atoms with Crippen LogP contribution in [0.25, 0.3) is 0 Å². The molecule has 0 aromatic heterocycles. The minimum Gasteiger partial charge on any atom is -0.339 e. The highest BCUT2D eigenvalue weighted by molar-refractivity contribution is 6.30. The van der Waals surface area contributed by atoms with E-state index in [0.717, 1.165) is 31.7 Å². The second-order valence-electron chi connectivity index (χ2n) is 4.35. The third-order valence-corrected chi connectivity index (χ3v) is 3.45. The third kappa shape index (κ3) is 2.99. The molecule has 2 rings (SSSR count). The largest absolute Gasteiger partial charge is 0.339 e. The number of rotatable bonds is 2. The van der Waals surface area contributed by atoms with Crippen LogP contribution < -0.4 is 5.32 Å². The van der Waals surface area contributed by atoms with Crippen LogP contribution in [-0.4, -0.2) is 37.0 Å². The molecule has 1 atom stereocenters. The molecule has 1 aliphatic rings. The number of aryl methyl sites for hydroxylation is 1. The van der Waals surface area contributed by atoms with Gasteiger partial charge in [-0.15, -0.1) is 11.6 Å². The summed E-state index contributed by atoms with van der Waals surface area (Å²) in [5, 5.41) is 2.66. The Hall–Kier alpha value is -1.06. The van der Waals surface area contributed by atoms with Gasteiger partial charge in [-0.1, -0.05) is 29.8 Å². The number of halogens is 1. The molecule has 0 aliphatic carbocycles. The lowest BCUT2D eigenvalue weighted by Crippen LogP contribution is -2.47. The molecule has 1 amide bonds. The Balaban J connectivity index is 2.05. The summed E-state index contributed by atoms with van der Waals surface area (Å²) in [5.41, 5.74) is 2.05. The number of nitrogens with one attached hydrogen (secondary N) is 1. The van der Waals surface area contributed by atoms with E-state index in [1.54, 1.807) is 0 Å². The van der Waals surface area contributed by atoms with E-state index in [4.69, 9.17) is 11.6 Å². The molecule has 1 unspecified atom stereocenters. The number of nitrogens with zero attached hydrogens (tertiary/aromatic N) is 1. The summed E-state index contributed by atoms with van der Waals surface area (Å²) < 4.78 is 0. The SMILES string of the molecule is Cc1ccc(C(Cl)C(=O)N2CCNCC2)cc1. The van der Waals surface area contributed by atoms with Gasteiger partial charge in [0, 0.05) is 26.2 Å².